The van der Waals surface area contributed by atoms with Crippen LogP contribution in [0, 0.1) is 11.8 Å². The number of rotatable bonds is 53. The highest BCUT2D eigenvalue weighted by molar-refractivity contribution is 5.71. The molecule has 0 aromatic rings. The van der Waals surface area contributed by atoms with Crippen molar-refractivity contribution in [3.8, 4) is 0 Å². The van der Waals surface area contributed by atoms with Crippen LogP contribution in [0.1, 0.15) is 330 Å². The molecule has 0 saturated carbocycles. The molecule has 6 nitrogen and oxygen atoms in total. The lowest BCUT2D eigenvalue weighted by molar-refractivity contribution is -0.167. The van der Waals surface area contributed by atoms with Crippen LogP contribution in [-0.4, -0.2) is 37.2 Å². The van der Waals surface area contributed by atoms with Crippen LogP contribution in [0.2, 0.25) is 0 Å². The Kier molecular flexibility index (Phi) is 50.5. The highest BCUT2D eigenvalue weighted by Crippen LogP contribution is 2.18. The Balaban J connectivity index is 4.23. The Morgan fingerprint density at radius 2 is 0.508 bits per heavy atom. The van der Waals surface area contributed by atoms with E-state index in [0.717, 1.165) is 69.6 Å². The van der Waals surface area contributed by atoms with Gasteiger partial charge in [-0.15, -0.1) is 0 Å². The maximum Gasteiger partial charge on any atom is 0.306 e. The third kappa shape index (κ3) is 53.2. The van der Waals surface area contributed by atoms with Crippen LogP contribution in [0.5, 0.6) is 0 Å². The zero-order valence-corrected chi connectivity index (χ0v) is 44.6. The monoisotopic (exact) mass is 919 g/mol. The molecule has 0 rings (SSSR count). The lowest BCUT2D eigenvalue weighted by Crippen LogP contribution is -2.30. The van der Waals surface area contributed by atoms with E-state index in [1.54, 1.807) is 0 Å². The molecule has 0 amide bonds. The molecule has 0 aliphatic heterocycles. The zero-order chi connectivity index (χ0) is 47.5. The summed E-state index contributed by atoms with van der Waals surface area (Å²) in [7, 11) is 0. The number of carbonyl (C=O) groups is 3. The number of esters is 3. The maximum absolute atomic E-state index is 12.8. The fraction of sp³-hybridized carbons (Fsp3) is 0.949. The summed E-state index contributed by atoms with van der Waals surface area (Å²) >= 11 is 0. The van der Waals surface area contributed by atoms with Gasteiger partial charge in [0.1, 0.15) is 13.2 Å². The van der Waals surface area contributed by atoms with E-state index in [4.69, 9.17) is 14.2 Å². The molecule has 0 fully saturated rings. The molecule has 1 atom stereocenters. The van der Waals surface area contributed by atoms with Crippen molar-refractivity contribution in [1.82, 2.24) is 0 Å². The van der Waals surface area contributed by atoms with Crippen LogP contribution in [0.3, 0.4) is 0 Å². The van der Waals surface area contributed by atoms with Gasteiger partial charge in [-0.25, -0.2) is 0 Å². The highest BCUT2D eigenvalue weighted by atomic mass is 16.6. The van der Waals surface area contributed by atoms with Crippen LogP contribution in [0.4, 0.5) is 0 Å². The average molecular weight is 920 g/mol. The SMILES string of the molecule is CCCCCCCCCCCCCCCC(=O)OC[C@H](COC(=O)CCCCCCCCCCCCCCCCCCCCC(C)C)OC(=O)CCCCCCCCCCCCC(C)C. The Labute approximate surface area is 406 Å². The third-order valence-corrected chi connectivity index (χ3v) is 13.5. The van der Waals surface area contributed by atoms with E-state index in [9.17, 15) is 14.4 Å². The van der Waals surface area contributed by atoms with Crippen LogP contribution >= 0.6 is 0 Å². The minimum Gasteiger partial charge on any atom is -0.462 e. The summed E-state index contributed by atoms with van der Waals surface area (Å²) in [6.07, 6.45) is 55.3. The van der Waals surface area contributed by atoms with Crippen molar-refractivity contribution in [2.24, 2.45) is 11.8 Å². The van der Waals surface area contributed by atoms with E-state index >= 15 is 0 Å². The Morgan fingerprint density at radius 3 is 0.754 bits per heavy atom. The quantitative estimate of drug-likeness (QED) is 0.0344. The molecule has 65 heavy (non-hydrogen) atoms. The molecule has 0 radical (unpaired) electrons. The summed E-state index contributed by atoms with van der Waals surface area (Å²) in [4.78, 5) is 38.1. The van der Waals surface area contributed by atoms with Gasteiger partial charge in [0.2, 0.25) is 0 Å². The largest absolute Gasteiger partial charge is 0.462 e. The fourth-order valence-electron chi connectivity index (χ4n) is 9.05. The Morgan fingerprint density at radius 1 is 0.292 bits per heavy atom. The van der Waals surface area contributed by atoms with Gasteiger partial charge in [0.25, 0.3) is 0 Å². The van der Waals surface area contributed by atoms with Gasteiger partial charge in [0, 0.05) is 19.3 Å². The third-order valence-electron chi connectivity index (χ3n) is 13.5. The van der Waals surface area contributed by atoms with Crippen molar-refractivity contribution in [3.05, 3.63) is 0 Å². The first-order valence-corrected chi connectivity index (χ1v) is 29.2. The van der Waals surface area contributed by atoms with E-state index < -0.39 is 6.10 Å². The van der Waals surface area contributed by atoms with E-state index in [1.165, 1.54) is 218 Å². The summed E-state index contributed by atoms with van der Waals surface area (Å²) in [5.41, 5.74) is 0. The molecule has 0 spiro atoms. The normalized spacial score (nSPS) is 12.0. The molecular formula is C59H114O6. The summed E-state index contributed by atoms with van der Waals surface area (Å²) in [6, 6.07) is 0. The molecule has 0 aromatic carbocycles. The lowest BCUT2D eigenvalue weighted by atomic mass is 10.0. The number of hydrogen-bond acceptors (Lipinski definition) is 6. The van der Waals surface area contributed by atoms with Crippen molar-refractivity contribution >= 4 is 17.9 Å². The summed E-state index contributed by atoms with van der Waals surface area (Å²) in [6.45, 7) is 11.4. The van der Waals surface area contributed by atoms with Gasteiger partial charge >= 0.3 is 17.9 Å². The molecule has 0 heterocycles. The van der Waals surface area contributed by atoms with Crippen molar-refractivity contribution in [2.45, 2.75) is 336 Å². The van der Waals surface area contributed by atoms with Gasteiger partial charge in [-0.05, 0) is 31.1 Å². The van der Waals surface area contributed by atoms with Crippen molar-refractivity contribution in [1.29, 1.82) is 0 Å². The second kappa shape index (κ2) is 51.8. The van der Waals surface area contributed by atoms with Crippen molar-refractivity contribution in [2.75, 3.05) is 13.2 Å². The Bertz CT molecular complexity index is 993. The number of hydrogen-bond donors (Lipinski definition) is 0. The molecule has 0 aromatic heterocycles. The summed E-state index contributed by atoms with van der Waals surface area (Å²) in [5.74, 6) is 0.836. The van der Waals surface area contributed by atoms with Gasteiger partial charge < -0.3 is 14.2 Å². The van der Waals surface area contributed by atoms with Gasteiger partial charge in [0.05, 0.1) is 0 Å². The maximum atomic E-state index is 12.8. The molecule has 0 bridgehead atoms. The Hall–Kier alpha value is -1.59. The van der Waals surface area contributed by atoms with E-state index in [2.05, 4.69) is 34.6 Å². The predicted octanol–water partition coefficient (Wildman–Crippen LogP) is 19.3. The predicted molar refractivity (Wildman–Crippen MR) is 280 cm³/mol. The van der Waals surface area contributed by atoms with Gasteiger partial charge in [-0.2, -0.15) is 0 Å². The van der Waals surface area contributed by atoms with Crippen molar-refractivity contribution < 1.29 is 28.6 Å². The molecular weight excluding hydrogens is 805 g/mol. The molecule has 0 unspecified atom stereocenters. The summed E-state index contributed by atoms with van der Waals surface area (Å²) in [5, 5.41) is 0. The first-order valence-electron chi connectivity index (χ1n) is 29.2. The first-order chi connectivity index (χ1) is 31.7. The second-order valence-corrected chi connectivity index (χ2v) is 21.2. The minimum absolute atomic E-state index is 0.0628. The molecule has 0 saturated heterocycles. The van der Waals surface area contributed by atoms with Crippen LogP contribution in [0.25, 0.3) is 0 Å². The smallest absolute Gasteiger partial charge is 0.306 e. The fourth-order valence-corrected chi connectivity index (χ4v) is 9.05. The minimum atomic E-state index is -0.762. The topological polar surface area (TPSA) is 78.9 Å². The van der Waals surface area contributed by atoms with Gasteiger partial charge in [-0.3, -0.25) is 14.4 Å². The molecule has 6 heteroatoms. The zero-order valence-electron chi connectivity index (χ0n) is 44.6. The molecule has 0 aliphatic carbocycles. The van der Waals surface area contributed by atoms with E-state index in [1.807, 2.05) is 0 Å². The molecule has 386 valence electrons. The molecule has 0 aliphatic rings. The highest BCUT2D eigenvalue weighted by Gasteiger charge is 2.19. The lowest BCUT2D eigenvalue weighted by Gasteiger charge is -2.18. The van der Waals surface area contributed by atoms with Crippen LogP contribution in [-0.2, 0) is 28.6 Å². The van der Waals surface area contributed by atoms with E-state index in [0.29, 0.717) is 19.3 Å². The van der Waals surface area contributed by atoms with E-state index in [-0.39, 0.29) is 31.1 Å². The number of unbranched alkanes of at least 4 members (excludes halogenated alkanes) is 38. The number of carbonyl (C=O) groups excluding carboxylic acids is 3. The standard InChI is InChI=1S/C59H114O6/c1-6-7-8-9-10-11-12-19-23-29-34-39-44-49-57(60)63-52-56(65-59(62)51-46-41-36-31-26-25-28-33-38-43-48-55(4)5)53-64-58(61)50-45-40-35-30-24-21-18-16-14-13-15-17-20-22-27-32-37-42-47-54(2)3/h54-56H,6-53H2,1-5H3/t56-/m1/s1. The van der Waals surface area contributed by atoms with Crippen molar-refractivity contribution in [3.63, 3.8) is 0 Å². The van der Waals surface area contributed by atoms with Crippen LogP contribution in [0.15, 0.2) is 0 Å². The summed E-state index contributed by atoms with van der Waals surface area (Å²) < 4.78 is 16.9. The van der Waals surface area contributed by atoms with Gasteiger partial charge in [0.15, 0.2) is 6.10 Å². The first kappa shape index (κ1) is 63.4. The second-order valence-electron chi connectivity index (χ2n) is 21.2. The average Bonchev–Trinajstić information content (AvgIpc) is 3.28. The van der Waals surface area contributed by atoms with Crippen LogP contribution < -0.4 is 0 Å². The van der Waals surface area contributed by atoms with Gasteiger partial charge in [-0.1, -0.05) is 291 Å². The number of ether oxygens (including phenoxy) is 3. The molecule has 0 N–H and O–H groups in total.